The molecular weight excluding hydrogens is 652 g/mol. The number of amides is 3. The number of halogens is 3. The molecule has 6 rings (SSSR count). The molecule has 5 aliphatic rings. The van der Waals surface area contributed by atoms with Crippen molar-refractivity contribution in [3.05, 3.63) is 34.9 Å². The van der Waals surface area contributed by atoms with Gasteiger partial charge in [-0.05, 0) is 56.8 Å². The van der Waals surface area contributed by atoms with Crippen LogP contribution < -0.4 is 0 Å². The van der Waals surface area contributed by atoms with Gasteiger partial charge in [0.1, 0.15) is 6.04 Å². The molecule has 1 aromatic carbocycles. The Morgan fingerprint density at radius 3 is 2.12 bits per heavy atom. The Kier molecular flexibility index (Phi) is 10.9. The van der Waals surface area contributed by atoms with Crippen LogP contribution in [0.1, 0.15) is 77.2 Å². The number of rotatable bonds is 6. The van der Waals surface area contributed by atoms with E-state index < -0.39 is 23.4 Å². The van der Waals surface area contributed by atoms with Crippen molar-refractivity contribution in [2.45, 2.75) is 102 Å². The number of carbonyl (C=O) groups excluding carboxylic acids is 3. The van der Waals surface area contributed by atoms with E-state index in [-0.39, 0.29) is 67.8 Å². The summed E-state index contributed by atoms with van der Waals surface area (Å²) in [7, 11) is 2.04. The van der Waals surface area contributed by atoms with Crippen LogP contribution in [0.2, 0.25) is 5.02 Å². The van der Waals surface area contributed by atoms with Crippen molar-refractivity contribution in [1.29, 1.82) is 0 Å². The fraction of sp³-hybridized carbons (Fsp3) is 0.757. The molecule has 4 heterocycles. The Bertz CT molecular complexity index is 1330. The number of ether oxygens (including phenoxy) is 1. The molecule has 0 unspecified atom stereocenters. The second kappa shape index (κ2) is 14.7. The molecule has 0 spiro atoms. The van der Waals surface area contributed by atoms with E-state index in [9.17, 15) is 18.4 Å². The lowest BCUT2D eigenvalue weighted by Gasteiger charge is -2.43. The minimum absolute atomic E-state index is 0.0668. The third-order valence-corrected chi connectivity index (χ3v) is 11.9. The molecule has 49 heavy (non-hydrogen) atoms. The summed E-state index contributed by atoms with van der Waals surface area (Å²) in [5, 5.41) is 0.634. The SMILES string of the molecule is CN1CCN(C(=O)[C@@H]2C[C@H](N(C(=O)C(C)(C)C)C3CCC(F)(F)CC3)CN2C(=O)[C@@H]2CN(C3CCOCC3)C[C@H]2c2ccc(Cl)cc2)CC1. The molecule has 3 amide bonds. The van der Waals surface area contributed by atoms with Gasteiger partial charge in [-0.2, -0.15) is 0 Å². The lowest BCUT2D eigenvalue weighted by Crippen LogP contribution is -2.54. The number of benzene rings is 1. The zero-order valence-electron chi connectivity index (χ0n) is 29.6. The molecule has 0 aromatic heterocycles. The highest BCUT2D eigenvalue weighted by Gasteiger charge is 2.52. The first kappa shape index (κ1) is 36.5. The minimum Gasteiger partial charge on any atom is -0.381 e. The van der Waals surface area contributed by atoms with Crippen LogP contribution in [-0.4, -0.2) is 138 Å². The molecule has 9 nitrogen and oxygen atoms in total. The Morgan fingerprint density at radius 2 is 1.51 bits per heavy atom. The highest BCUT2D eigenvalue weighted by molar-refractivity contribution is 6.30. The number of likely N-dealkylation sites (tertiary alicyclic amines) is 2. The molecule has 4 aliphatic heterocycles. The summed E-state index contributed by atoms with van der Waals surface area (Å²) in [6.07, 6.45) is 2.02. The van der Waals surface area contributed by atoms with E-state index in [1.54, 1.807) is 4.90 Å². The Balaban J connectivity index is 1.32. The molecular formula is C37H54ClF2N5O4. The average Bonchev–Trinajstić information content (AvgIpc) is 3.72. The minimum atomic E-state index is -2.74. The third-order valence-electron chi connectivity index (χ3n) is 11.7. The monoisotopic (exact) mass is 705 g/mol. The zero-order valence-corrected chi connectivity index (χ0v) is 30.3. The fourth-order valence-corrected chi connectivity index (χ4v) is 8.87. The Morgan fingerprint density at radius 1 is 0.878 bits per heavy atom. The van der Waals surface area contributed by atoms with E-state index >= 15 is 4.79 Å². The molecule has 0 N–H and O–H groups in total. The summed E-state index contributed by atoms with van der Waals surface area (Å²) < 4.78 is 34.3. The molecule has 272 valence electrons. The van der Waals surface area contributed by atoms with Crippen LogP contribution in [-0.2, 0) is 19.1 Å². The van der Waals surface area contributed by atoms with Crippen LogP contribution in [0, 0.1) is 11.3 Å². The molecule has 1 aliphatic carbocycles. The van der Waals surface area contributed by atoms with Gasteiger partial charge in [-0.1, -0.05) is 44.5 Å². The fourth-order valence-electron chi connectivity index (χ4n) is 8.74. The van der Waals surface area contributed by atoms with Crippen LogP contribution in [0.3, 0.4) is 0 Å². The lowest BCUT2D eigenvalue weighted by atomic mass is 9.86. The number of carbonyl (C=O) groups is 3. The number of alkyl halides is 2. The molecule has 4 saturated heterocycles. The van der Waals surface area contributed by atoms with Gasteiger partial charge in [0.05, 0.1) is 12.0 Å². The number of nitrogens with zero attached hydrogens (tertiary/aromatic N) is 5. The van der Waals surface area contributed by atoms with E-state index in [1.165, 1.54) is 0 Å². The van der Waals surface area contributed by atoms with Gasteiger partial charge in [0.15, 0.2) is 0 Å². The van der Waals surface area contributed by atoms with Gasteiger partial charge in [-0.3, -0.25) is 19.3 Å². The summed E-state index contributed by atoms with van der Waals surface area (Å²) in [4.78, 5) is 53.7. The van der Waals surface area contributed by atoms with Crippen LogP contribution >= 0.6 is 11.6 Å². The number of hydrogen-bond acceptors (Lipinski definition) is 6. The van der Waals surface area contributed by atoms with Crippen molar-refractivity contribution in [2.24, 2.45) is 11.3 Å². The predicted molar refractivity (Wildman–Crippen MR) is 185 cm³/mol. The second-order valence-electron chi connectivity index (χ2n) is 16.1. The number of piperazine rings is 1. The van der Waals surface area contributed by atoms with Crippen LogP contribution in [0.15, 0.2) is 24.3 Å². The van der Waals surface area contributed by atoms with Gasteiger partial charge in [0, 0.05) is 100 Å². The van der Waals surface area contributed by atoms with Crippen molar-refractivity contribution in [3.63, 3.8) is 0 Å². The van der Waals surface area contributed by atoms with Crippen molar-refractivity contribution in [1.82, 2.24) is 24.5 Å². The van der Waals surface area contributed by atoms with Crippen molar-refractivity contribution >= 4 is 29.3 Å². The van der Waals surface area contributed by atoms with Crippen LogP contribution in [0.5, 0.6) is 0 Å². The standard InChI is InChI=1S/C37H54ClF2N5O4/c1-36(2,3)35(48)45(28-9-13-37(39,40)14-10-28)29-21-32(34(47)42-17-15-41(4)16-18-42)44(22-29)33(46)31-24-43(27-11-19-49-20-12-27)23-30(31)25-5-7-26(38)8-6-25/h5-8,27-32H,9-24H2,1-4H3/t29-,30-,31+,32-/m0/s1. The maximum absolute atomic E-state index is 15.0. The van der Waals surface area contributed by atoms with Crippen molar-refractivity contribution in [3.8, 4) is 0 Å². The Labute approximate surface area is 295 Å². The molecule has 5 fully saturated rings. The maximum atomic E-state index is 15.0. The van der Waals surface area contributed by atoms with E-state index in [2.05, 4.69) is 9.80 Å². The second-order valence-corrected chi connectivity index (χ2v) is 16.6. The van der Waals surface area contributed by atoms with E-state index in [4.69, 9.17) is 16.3 Å². The topological polar surface area (TPSA) is 76.6 Å². The van der Waals surface area contributed by atoms with Gasteiger partial charge in [-0.25, -0.2) is 8.78 Å². The number of likely N-dealkylation sites (N-methyl/N-ethyl adjacent to an activating group) is 1. The molecule has 12 heteroatoms. The molecule has 1 aromatic rings. The van der Waals surface area contributed by atoms with Crippen LogP contribution in [0.4, 0.5) is 8.78 Å². The quantitative estimate of drug-likeness (QED) is 0.426. The summed E-state index contributed by atoms with van der Waals surface area (Å²) in [5.41, 5.74) is 0.298. The molecule has 4 atom stereocenters. The van der Waals surface area contributed by atoms with Crippen molar-refractivity contribution in [2.75, 3.05) is 66.1 Å². The highest BCUT2D eigenvalue weighted by Crippen LogP contribution is 2.42. The molecule has 0 bridgehead atoms. The molecule has 0 radical (unpaired) electrons. The van der Waals surface area contributed by atoms with Crippen molar-refractivity contribution < 1.29 is 27.9 Å². The third kappa shape index (κ3) is 8.10. The first-order valence-electron chi connectivity index (χ1n) is 18.3. The zero-order chi connectivity index (χ0) is 35.1. The van der Waals surface area contributed by atoms with Gasteiger partial charge >= 0.3 is 0 Å². The first-order chi connectivity index (χ1) is 23.2. The summed E-state index contributed by atoms with van der Waals surface area (Å²) >= 11 is 6.27. The van der Waals surface area contributed by atoms with E-state index in [1.807, 2.05) is 61.9 Å². The first-order valence-corrected chi connectivity index (χ1v) is 18.7. The van der Waals surface area contributed by atoms with Gasteiger partial charge in [0.2, 0.25) is 23.6 Å². The van der Waals surface area contributed by atoms with E-state index in [0.29, 0.717) is 50.3 Å². The summed E-state index contributed by atoms with van der Waals surface area (Å²) in [6, 6.07) is 6.55. The highest BCUT2D eigenvalue weighted by atomic mass is 35.5. The predicted octanol–water partition coefficient (Wildman–Crippen LogP) is 4.73. The van der Waals surface area contributed by atoms with Gasteiger partial charge in [-0.15, -0.1) is 0 Å². The summed E-state index contributed by atoms with van der Waals surface area (Å²) in [6.45, 7) is 11.1. The maximum Gasteiger partial charge on any atom is 0.248 e. The smallest absolute Gasteiger partial charge is 0.248 e. The lowest BCUT2D eigenvalue weighted by molar-refractivity contribution is -0.149. The largest absolute Gasteiger partial charge is 0.381 e. The average molecular weight is 706 g/mol. The normalized spacial score (nSPS) is 29.4. The van der Waals surface area contributed by atoms with E-state index in [0.717, 1.165) is 38.0 Å². The summed E-state index contributed by atoms with van der Waals surface area (Å²) in [5.74, 6) is -3.46. The Hall–Kier alpha value is -2.34. The van der Waals surface area contributed by atoms with Gasteiger partial charge < -0.3 is 24.3 Å². The van der Waals surface area contributed by atoms with Crippen LogP contribution in [0.25, 0.3) is 0 Å². The number of hydrogen-bond donors (Lipinski definition) is 0. The van der Waals surface area contributed by atoms with Gasteiger partial charge in [0.25, 0.3) is 0 Å². The molecule has 1 saturated carbocycles.